The molecule has 2 fully saturated rings. The first-order valence-electron chi connectivity index (χ1n) is 8.71. The second kappa shape index (κ2) is 4.98. The number of hydrogen-bond acceptors (Lipinski definition) is 4. The standard InChI is InChI=1S/C20H24O4/c1-3-20(24)9-7-15-16-13(6-8-19(15,20)2)12-5-4-11(21)10-14(12)17(22)18(16)23/h1,4-5,10,13,15-18,21-24H,6-9H2,2H3/t13-,15+,16-,17-,18+,19+,20+/m1/s1. The second-order valence-corrected chi connectivity index (χ2v) is 8.04. The molecule has 3 aliphatic carbocycles. The zero-order valence-corrected chi connectivity index (χ0v) is 13.8. The van der Waals surface area contributed by atoms with E-state index < -0.39 is 23.2 Å². The summed E-state index contributed by atoms with van der Waals surface area (Å²) in [6.07, 6.45) is 6.62. The van der Waals surface area contributed by atoms with Crippen LogP contribution in [0.15, 0.2) is 18.2 Å². The lowest BCUT2D eigenvalue weighted by Crippen LogP contribution is -2.54. The van der Waals surface area contributed by atoms with E-state index in [9.17, 15) is 20.4 Å². The van der Waals surface area contributed by atoms with Crippen molar-refractivity contribution in [3.8, 4) is 18.1 Å². The van der Waals surface area contributed by atoms with E-state index in [2.05, 4.69) is 5.92 Å². The molecular weight excluding hydrogens is 304 g/mol. The van der Waals surface area contributed by atoms with Crippen molar-refractivity contribution in [3.63, 3.8) is 0 Å². The lowest BCUT2D eigenvalue weighted by Gasteiger charge is -2.54. The maximum Gasteiger partial charge on any atom is 0.130 e. The van der Waals surface area contributed by atoms with Gasteiger partial charge in [0.2, 0.25) is 0 Å². The van der Waals surface area contributed by atoms with Crippen LogP contribution in [-0.2, 0) is 0 Å². The van der Waals surface area contributed by atoms with Crippen LogP contribution in [0.4, 0.5) is 0 Å². The van der Waals surface area contributed by atoms with Gasteiger partial charge < -0.3 is 20.4 Å². The van der Waals surface area contributed by atoms with E-state index in [4.69, 9.17) is 6.42 Å². The number of aliphatic hydroxyl groups is 3. The van der Waals surface area contributed by atoms with Crippen molar-refractivity contribution < 1.29 is 20.4 Å². The lowest BCUT2D eigenvalue weighted by atomic mass is 9.52. The zero-order valence-electron chi connectivity index (χ0n) is 13.8. The molecule has 0 spiro atoms. The van der Waals surface area contributed by atoms with Crippen LogP contribution in [0.25, 0.3) is 0 Å². The molecular formula is C20H24O4. The molecule has 7 atom stereocenters. The second-order valence-electron chi connectivity index (χ2n) is 8.04. The number of aliphatic hydroxyl groups excluding tert-OH is 2. The van der Waals surface area contributed by atoms with E-state index in [0.29, 0.717) is 12.0 Å². The van der Waals surface area contributed by atoms with Crippen LogP contribution in [0, 0.1) is 29.6 Å². The topological polar surface area (TPSA) is 80.9 Å². The Bertz CT molecular complexity index is 723. The number of rotatable bonds is 0. The minimum Gasteiger partial charge on any atom is -0.508 e. The summed E-state index contributed by atoms with van der Waals surface area (Å²) in [6, 6.07) is 5.06. The molecule has 1 aromatic carbocycles. The predicted molar refractivity (Wildman–Crippen MR) is 89.2 cm³/mol. The van der Waals surface area contributed by atoms with Crippen molar-refractivity contribution in [2.45, 2.75) is 56.3 Å². The summed E-state index contributed by atoms with van der Waals surface area (Å²) in [6.45, 7) is 2.03. The van der Waals surface area contributed by atoms with Gasteiger partial charge in [0.15, 0.2) is 0 Å². The molecule has 4 rings (SSSR count). The van der Waals surface area contributed by atoms with Gasteiger partial charge in [0.1, 0.15) is 17.5 Å². The quantitative estimate of drug-likeness (QED) is 0.550. The fraction of sp³-hybridized carbons (Fsp3) is 0.600. The first-order chi connectivity index (χ1) is 11.3. The van der Waals surface area contributed by atoms with Crippen LogP contribution >= 0.6 is 0 Å². The van der Waals surface area contributed by atoms with Gasteiger partial charge in [-0.3, -0.25) is 0 Å². The maximum absolute atomic E-state index is 10.9. The molecule has 4 nitrogen and oxygen atoms in total. The molecule has 2 saturated carbocycles. The third-order valence-corrected chi connectivity index (χ3v) is 7.23. The predicted octanol–water partition coefficient (Wildman–Crippen LogP) is 2.07. The van der Waals surface area contributed by atoms with Crippen LogP contribution in [0.5, 0.6) is 5.75 Å². The molecule has 1 aromatic rings. The summed E-state index contributed by atoms with van der Waals surface area (Å²) in [5, 5.41) is 42.1. The number of phenolic OH excluding ortho intramolecular Hbond substituents is 1. The van der Waals surface area contributed by atoms with Crippen LogP contribution in [0.1, 0.15) is 55.8 Å². The van der Waals surface area contributed by atoms with Gasteiger partial charge in [-0.25, -0.2) is 0 Å². The lowest BCUT2D eigenvalue weighted by molar-refractivity contribution is -0.120. The first kappa shape index (κ1) is 16.0. The van der Waals surface area contributed by atoms with Gasteiger partial charge in [0, 0.05) is 5.41 Å². The van der Waals surface area contributed by atoms with Gasteiger partial charge in [0.05, 0.1) is 6.10 Å². The Morgan fingerprint density at radius 2 is 1.92 bits per heavy atom. The summed E-state index contributed by atoms with van der Waals surface area (Å²) in [5.41, 5.74) is 0.0620. The Labute approximate surface area is 142 Å². The van der Waals surface area contributed by atoms with E-state index in [1.165, 1.54) is 0 Å². The van der Waals surface area contributed by atoms with Crippen molar-refractivity contribution in [2.75, 3.05) is 0 Å². The van der Waals surface area contributed by atoms with Crippen LogP contribution in [-0.4, -0.2) is 32.1 Å². The Kier molecular flexibility index (Phi) is 3.31. The molecule has 4 heteroatoms. The minimum atomic E-state index is -1.14. The average molecular weight is 328 g/mol. The highest BCUT2D eigenvalue weighted by Crippen LogP contribution is 2.65. The van der Waals surface area contributed by atoms with Gasteiger partial charge >= 0.3 is 0 Å². The van der Waals surface area contributed by atoms with Crippen LogP contribution < -0.4 is 0 Å². The molecule has 0 aliphatic heterocycles. The number of fused-ring (bicyclic) bond motifs is 5. The average Bonchev–Trinajstić information content (AvgIpc) is 2.84. The molecule has 0 saturated heterocycles. The van der Waals surface area contributed by atoms with Crippen LogP contribution in [0.3, 0.4) is 0 Å². The highest BCUT2D eigenvalue weighted by molar-refractivity contribution is 5.43. The van der Waals surface area contributed by atoms with Gasteiger partial charge in [-0.05, 0) is 66.7 Å². The molecule has 128 valence electrons. The molecule has 0 unspecified atom stereocenters. The van der Waals surface area contributed by atoms with Crippen molar-refractivity contribution in [1.29, 1.82) is 0 Å². The summed E-state index contributed by atoms with van der Waals surface area (Å²) < 4.78 is 0. The number of phenols is 1. The largest absolute Gasteiger partial charge is 0.508 e. The third-order valence-electron chi connectivity index (χ3n) is 7.23. The van der Waals surface area contributed by atoms with E-state index >= 15 is 0 Å². The number of aromatic hydroxyl groups is 1. The van der Waals surface area contributed by atoms with Gasteiger partial charge in [-0.15, -0.1) is 6.42 Å². The highest BCUT2D eigenvalue weighted by atomic mass is 16.3. The summed E-state index contributed by atoms with van der Waals surface area (Å²) >= 11 is 0. The Morgan fingerprint density at radius 1 is 1.17 bits per heavy atom. The number of terminal acetylenes is 1. The van der Waals surface area contributed by atoms with Crippen LogP contribution in [0.2, 0.25) is 0 Å². The normalized spacial score (nSPS) is 46.5. The highest BCUT2D eigenvalue weighted by Gasteiger charge is 2.63. The zero-order chi connectivity index (χ0) is 17.3. The fourth-order valence-corrected chi connectivity index (χ4v) is 5.84. The number of benzene rings is 1. The van der Waals surface area contributed by atoms with E-state index in [1.54, 1.807) is 12.1 Å². The molecule has 0 aromatic heterocycles. The molecule has 0 radical (unpaired) electrons. The molecule has 0 heterocycles. The van der Waals surface area contributed by atoms with Crippen molar-refractivity contribution in [2.24, 2.45) is 17.3 Å². The molecule has 3 aliphatic rings. The minimum absolute atomic E-state index is 0.0731. The van der Waals surface area contributed by atoms with E-state index in [-0.39, 0.29) is 23.5 Å². The number of hydrogen-bond donors (Lipinski definition) is 4. The molecule has 24 heavy (non-hydrogen) atoms. The van der Waals surface area contributed by atoms with E-state index in [0.717, 1.165) is 24.8 Å². The fourth-order valence-electron chi connectivity index (χ4n) is 5.84. The summed E-state index contributed by atoms with van der Waals surface area (Å²) in [7, 11) is 0. The van der Waals surface area contributed by atoms with Gasteiger partial charge in [0.25, 0.3) is 0 Å². The monoisotopic (exact) mass is 328 g/mol. The van der Waals surface area contributed by atoms with Crippen molar-refractivity contribution in [1.82, 2.24) is 0 Å². The maximum atomic E-state index is 10.9. The van der Waals surface area contributed by atoms with Gasteiger partial charge in [-0.1, -0.05) is 18.9 Å². The van der Waals surface area contributed by atoms with Crippen molar-refractivity contribution in [3.05, 3.63) is 29.3 Å². The molecule has 0 bridgehead atoms. The van der Waals surface area contributed by atoms with E-state index in [1.807, 2.05) is 13.0 Å². The van der Waals surface area contributed by atoms with Crippen molar-refractivity contribution >= 4 is 0 Å². The third kappa shape index (κ3) is 1.81. The first-order valence-corrected chi connectivity index (χ1v) is 8.71. The Morgan fingerprint density at radius 3 is 2.62 bits per heavy atom. The molecule has 0 amide bonds. The van der Waals surface area contributed by atoms with Gasteiger partial charge in [-0.2, -0.15) is 0 Å². The Hall–Kier alpha value is -1.54. The summed E-state index contributed by atoms with van der Waals surface area (Å²) in [4.78, 5) is 0. The smallest absolute Gasteiger partial charge is 0.130 e. The Balaban J connectivity index is 1.81. The molecule has 4 N–H and O–H groups in total. The summed E-state index contributed by atoms with van der Waals surface area (Å²) in [5.74, 6) is 2.77. The SMILES string of the molecule is C#C[C@]1(O)CC[C@H]2[C@@H]3[C@H](O)[C@H](O)c4cc(O)ccc4[C@H]3CC[C@@]21C.